The van der Waals surface area contributed by atoms with Gasteiger partial charge in [-0.25, -0.2) is 4.98 Å². The Bertz CT molecular complexity index is 1030. The molecule has 2 atom stereocenters. The zero-order valence-electron chi connectivity index (χ0n) is 16.1. The number of nitrogens with zero attached hydrogens (tertiary/aromatic N) is 4. The van der Waals surface area contributed by atoms with Crippen molar-refractivity contribution < 1.29 is 9.21 Å². The van der Waals surface area contributed by atoms with Crippen molar-refractivity contribution in [3.05, 3.63) is 59.8 Å². The summed E-state index contributed by atoms with van der Waals surface area (Å²) >= 11 is 0. The van der Waals surface area contributed by atoms with Crippen LogP contribution in [0.5, 0.6) is 0 Å². The van der Waals surface area contributed by atoms with Crippen LogP contribution in [0.25, 0.3) is 16.4 Å². The number of fused-ring (bicyclic) bond motifs is 2. The third-order valence-corrected chi connectivity index (χ3v) is 7.03. The lowest BCUT2D eigenvalue weighted by atomic mass is 10.1. The van der Waals surface area contributed by atoms with Crippen LogP contribution in [0.2, 0.25) is 0 Å². The summed E-state index contributed by atoms with van der Waals surface area (Å²) in [5.41, 5.74) is 3.80. The molecule has 1 aromatic carbocycles. The molecule has 0 saturated carbocycles. The van der Waals surface area contributed by atoms with Crippen LogP contribution in [-0.2, 0) is 4.79 Å². The highest BCUT2D eigenvalue weighted by molar-refractivity contribution is 7.51. The van der Waals surface area contributed by atoms with Gasteiger partial charge in [-0.05, 0) is 36.1 Å². The fourth-order valence-electron chi connectivity index (χ4n) is 3.89. The number of benzene rings is 1. The van der Waals surface area contributed by atoms with Crippen LogP contribution in [0, 0.1) is 6.92 Å². The number of aromatic nitrogens is 1. The molecular weight excluding hydrogens is 371 g/mol. The molecule has 3 aliphatic heterocycles. The number of likely N-dealkylation sites (N-methyl/N-ethyl adjacent to an activating group) is 1. The van der Waals surface area contributed by atoms with E-state index >= 15 is 0 Å². The summed E-state index contributed by atoms with van der Waals surface area (Å²) in [7, 11) is 2.65. The molecule has 2 unspecified atom stereocenters. The standard InChI is InChI=1S/C21H23N4O2P/c1-14-22-17-5-3-15(11-18(17)27-14)19-12-20(26)25-13-16(4-6-21(25)28-19)24-9-7-23(2)8-10-24/h3-6,11-13,21,28H,7-10H2,1-2H3. The van der Waals surface area contributed by atoms with E-state index in [1.807, 2.05) is 36.2 Å². The number of amides is 1. The fraction of sp³-hybridized carbons (Fsp3) is 0.333. The lowest BCUT2D eigenvalue weighted by Gasteiger charge is -2.39. The maximum absolute atomic E-state index is 12.9. The molecule has 0 aliphatic carbocycles. The maximum atomic E-state index is 12.9. The summed E-state index contributed by atoms with van der Waals surface area (Å²) in [4.78, 5) is 23.8. The molecular formula is C21H23N4O2P. The van der Waals surface area contributed by atoms with E-state index in [1.54, 1.807) is 6.08 Å². The number of allylic oxidation sites excluding steroid dienone is 1. The van der Waals surface area contributed by atoms with Gasteiger partial charge in [0, 0.05) is 45.4 Å². The predicted molar refractivity (Wildman–Crippen MR) is 112 cm³/mol. The normalized spacial score (nSPS) is 23.9. The van der Waals surface area contributed by atoms with Gasteiger partial charge < -0.3 is 19.1 Å². The molecule has 28 heavy (non-hydrogen) atoms. The van der Waals surface area contributed by atoms with Gasteiger partial charge in [-0.1, -0.05) is 20.7 Å². The molecule has 0 spiro atoms. The van der Waals surface area contributed by atoms with E-state index in [9.17, 15) is 4.79 Å². The number of piperazine rings is 1. The Hall–Kier alpha value is -2.43. The Morgan fingerprint density at radius 1 is 1.21 bits per heavy atom. The summed E-state index contributed by atoms with van der Waals surface area (Å²) in [6.45, 7) is 5.95. The fourth-order valence-corrected chi connectivity index (χ4v) is 5.27. The molecule has 1 saturated heterocycles. The quantitative estimate of drug-likeness (QED) is 0.733. The van der Waals surface area contributed by atoms with E-state index in [-0.39, 0.29) is 11.7 Å². The minimum atomic E-state index is 0.0450. The topological polar surface area (TPSA) is 52.8 Å². The van der Waals surface area contributed by atoms with E-state index in [0.717, 1.165) is 53.9 Å². The number of hydrogen-bond acceptors (Lipinski definition) is 5. The van der Waals surface area contributed by atoms with Crippen LogP contribution in [0.4, 0.5) is 0 Å². The van der Waals surface area contributed by atoms with Crippen molar-refractivity contribution in [1.29, 1.82) is 0 Å². The first kappa shape index (κ1) is 17.7. The second-order valence-electron chi connectivity index (χ2n) is 7.51. The van der Waals surface area contributed by atoms with Gasteiger partial charge in [0.1, 0.15) is 5.52 Å². The number of rotatable bonds is 2. The summed E-state index contributed by atoms with van der Waals surface area (Å²) in [5.74, 6) is 0.797. The lowest BCUT2D eigenvalue weighted by molar-refractivity contribution is -0.123. The van der Waals surface area contributed by atoms with Gasteiger partial charge >= 0.3 is 0 Å². The molecule has 4 heterocycles. The molecule has 0 N–H and O–H groups in total. The van der Waals surface area contributed by atoms with Crippen molar-refractivity contribution in [2.24, 2.45) is 0 Å². The zero-order valence-corrected chi connectivity index (χ0v) is 17.1. The lowest BCUT2D eigenvalue weighted by Crippen LogP contribution is -2.45. The largest absolute Gasteiger partial charge is 0.441 e. The third kappa shape index (κ3) is 3.17. The van der Waals surface area contributed by atoms with E-state index in [4.69, 9.17) is 4.42 Å². The van der Waals surface area contributed by atoms with Crippen molar-refractivity contribution in [1.82, 2.24) is 19.7 Å². The van der Waals surface area contributed by atoms with E-state index < -0.39 is 0 Å². The van der Waals surface area contributed by atoms with Crippen molar-refractivity contribution >= 4 is 30.9 Å². The smallest absolute Gasteiger partial charge is 0.252 e. The predicted octanol–water partition coefficient (Wildman–Crippen LogP) is 2.98. The van der Waals surface area contributed by atoms with Crippen molar-refractivity contribution in [2.75, 3.05) is 33.2 Å². The molecule has 1 aromatic heterocycles. The van der Waals surface area contributed by atoms with Crippen LogP contribution < -0.4 is 0 Å². The van der Waals surface area contributed by atoms with Gasteiger partial charge in [0.15, 0.2) is 11.5 Å². The first-order valence-corrected chi connectivity index (χ1v) is 10.7. The van der Waals surface area contributed by atoms with Gasteiger partial charge in [-0.3, -0.25) is 4.79 Å². The SMILES string of the molecule is Cc1nc2ccc(C3=CC(=O)N4C=C(N5CCN(C)CC5)C=CC4P3)cc2o1. The summed E-state index contributed by atoms with van der Waals surface area (Å²) in [6.07, 6.45) is 8.16. The number of carbonyl (C=O) groups excluding carboxylic acids is 1. The highest BCUT2D eigenvalue weighted by Crippen LogP contribution is 2.45. The minimum Gasteiger partial charge on any atom is -0.441 e. The van der Waals surface area contributed by atoms with Gasteiger partial charge in [-0.2, -0.15) is 0 Å². The van der Waals surface area contributed by atoms with Crippen LogP contribution in [-0.4, -0.2) is 64.6 Å². The van der Waals surface area contributed by atoms with Crippen molar-refractivity contribution in [3.8, 4) is 0 Å². The minimum absolute atomic E-state index is 0.0450. The van der Waals surface area contributed by atoms with Crippen LogP contribution in [0.1, 0.15) is 11.5 Å². The van der Waals surface area contributed by atoms with Gasteiger partial charge in [0.05, 0.1) is 11.5 Å². The maximum Gasteiger partial charge on any atom is 0.252 e. The molecule has 5 rings (SSSR count). The summed E-state index contributed by atoms with van der Waals surface area (Å²) in [6, 6.07) is 5.99. The van der Waals surface area contributed by atoms with E-state index in [0.29, 0.717) is 14.5 Å². The summed E-state index contributed by atoms with van der Waals surface area (Å²) in [5, 5.41) is 1.07. The Morgan fingerprint density at radius 3 is 2.86 bits per heavy atom. The number of aryl methyl sites for hydroxylation is 1. The summed E-state index contributed by atoms with van der Waals surface area (Å²) < 4.78 is 5.66. The highest BCUT2D eigenvalue weighted by Gasteiger charge is 2.30. The number of oxazole rings is 1. The molecule has 7 heteroatoms. The van der Waals surface area contributed by atoms with E-state index in [1.165, 1.54) is 0 Å². The Labute approximate surface area is 166 Å². The monoisotopic (exact) mass is 394 g/mol. The van der Waals surface area contributed by atoms with Crippen molar-refractivity contribution in [3.63, 3.8) is 0 Å². The van der Waals surface area contributed by atoms with Crippen LogP contribution in [0.3, 0.4) is 0 Å². The molecule has 0 radical (unpaired) electrons. The van der Waals surface area contributed by atoms with Crippen molar-refractivity contribution in [2.45, 2.75) is 12.7 Å². The second-order valence-corrected chi connectivity index (χ2v) is 8.93. The average molecular weight is 394 g/mol. The molecule has 1 fully saturated rings. The first-order valence-electron chi connectivity index (χ1n) is 9.58. The number of carbonyl (C=O) groups is 1. The van der Waals surface area contributed by atoms with Gasteiger partial charge in [0.2, 0.25) is 0 Å². The average Bonchev–Trinajstić information content (AvgIpc) is 3.07. The highest BCUT2D eigenvalue weighted by atomic mass is 31.1. The molecule has 6 nitrogen and oxygen atoms in total. The first-order chi connectivity index (χ1) is 13.6. The molecule has 0 bridgehead atoms. The molecule has 144 valence electrons. The third-order valence-electron chi connectivity index (χ3n) is 5.52. The Morgan fingerprint density at radius 2 is 2.04 bits per heavy atom. The number of hydrogen-bond donors (Lipinski definition) is 0. The molecule has 3 aliphatic rings. The van der Waals surface area contributed by atoms with Crippen LogP contribution >= 0.6 is 8.58 Å². The second kappa shape index (κ2) is 6.87. The Balaban J connectivity index is 1.40. The van der Waals surface area contributed by atoms with Crippen LogP contribution in [0.15, 0.2) is 52.7 Å². The van der Waals surface area contributed by atoms with Gasteiger partial charge in [-0.15, -0.1) is 0 Å². The zero-order chi connectivity index (χ0) is 19.3. The Kier molecular flexibility index (Phi) is 4.33. The molecule has 1 amide bonds. The van der Waals surface area contributed by atoms with Gasteiger partial charge in [0.25, 0.3) is 5.91 Å². The van der Waals surface area contributed by atoms with E-state index in [2.05, 4.69) is 34.0 Å². The molecule has 2 aromatic rings.